The van der Waals surface area contributed by atoms with Crippen molar-refractivity contribution in [3.8, 4) is 0 Å². The zero-order valence-electron chi connectivity index (χ0n) is 26.3. The van der Waals surface area contributed by atoms with Crippen LogP contribution in [0.4, 0.5) is 22.7 Å². The third-order valence-electron chi connectivity index (χ3n) is 6.57. The van der Waals surface area contributed by atoms with E-state index in [1.165, 1.54) is 0 Å². The Labute approximate surface area is 286 Å². The van der Waals surface area contributed by atoms with Gasteiger partial charge in [-0.2, -0.15) is 0 Å². The van der Waals surface area contributed by atoms with Gasteiger partial charge in [0.1, 0.15) is 0 Å². The number of anilines is 4. The first-order valence-electron chi connectivity index (χ1n) is 14.5. The first-order chi connectivity index (χ1) is 23.4. The highest BCUT2D eigenvalue weighted by atomic mass is 16.2. The summed E-state index contributed by atoms with van der Waals surface area (Å²) in [5.41, 5.74) is 4.66. The second-order valence-corrected chi connectivity index (χ2v) is 9.91. The van der Waals surface area contributed by atoms with E-state index in [1.54, 1.807) is 147 Å². The van der Waals surface area contributed by atoms with Gasteiger partial charge in [0.2, 0.25) is 0 Å². The van der Waals surface area contributed by atoms with Crippen LogP contribution in [-0.2, 0) is 0 Å². The molecule has 6 rings (SSSR count). The number of hydrogen-bond donors (Lipinski definition) is 4. The lowest BCUT2D eigenvalue weighted by molar-refractivity contribution is 0.101. The molecule has 0 aliphatic rings. The summed E-state index contributed by atoms with van der Waals surface area (Å²) in [4.78, 5) is 63.7. The fraction of sp³-hybridized carbons (Fsp3) is 0. The Morgan fingerprint density at radius 2 is 0.460 bits per heavy atom. The molecule has 0 atom stereocenters. The van der Waals surface area contributed by atoms with Gasteiger partial charge in [-0.25, -0.2) is 0 Å². The van der Waals surface area contributed by atoms with Crippen LogP contribution in [0.25, 0.3) is 0 Å². The summed E-state index contributed by atoms with van der Waals surface area (Å²) >= 11 is 0. The quantitative estimate of drug-likeness (QED) is 0.181. The second-order valence-electron chi connectivity index (χ2n) is 9.91. The third-order valence-corrected chi connectivity index (χ3v) is 6.57. The number of benzene rings is 2. The van der Waals surface area contributed by atoms with Gasteiger partial charge >= 0.3 is 0 Å². The lowest BCUT2D eigenvalue weighted by atomic mass is 10.2. The molecule has 6 aromatic rings. The molecule has 14 nitrogen and oxygen atoms in total. The lowest BCUT2D eigenvalue weighted by Crippen LogP contribution is -2.13. The van der Waals surface area contributed by atoms with Crippen LogP contribution in [0.2, 0.25) is 0 Å². The summed E-state index contributed by atoms with van der Waals surface area (Å²) in [6.07, 6.45) is 12.5. The van der Waals surface area contributed by atoms with Crippen LogP contribution in [0.1, 0.15) is 41.4 Å². The molecule has 0 saturated carbocycles. The van der Waals surface area contributed by atoms with E-state index in [1.807, 2.05) is 0 Å². The summed E-state index contributed by atoms with van der Waals surface area (Å²) in [5.74, 6) is -0.867. The van der Waals surface area contributed by atoms with Crippen LogP contribution in [0, 0.1) is 0 Å². The Hall–Kier alpha value is -7.16. The first-order valence-corrected chi connectivity index (χ1v) is 14.5. The molecule has 0 aliphatic carbocycles. The number of carbonyl (C=O) groups excluding carboxylic acids is 4. The van der Waals surface area contributed by atoms with E-state index in [0.29, 0.717) is 45.0 Å². The average Bonchev–Trinajstić information content (AvgIpc) is 3.15. The third kappa shape index (κ3) is 11.0. The van der Waals surface area contributed by atoms with Crippen LogP contribution < -0.4 is 21.3 Å². The standard InChI is InChI=1S/2C18H14N4O2.2H2O/c2*23-17(13-5-9-19-10-6-13)21-15-1-2-16(4-3-15)22-18(24)14-7-11-20-12-8-14;;/h2*1-12H,(H,21,23)(H,22,24);2*1H2. The summed E-state index contributed by atoms with van der Waals surface area (Å²) < 4.78 is 0. The van der Waals surface area contributed by atoms with E-state index in [-0.39, 0.29) is 34.6 Å². The van der Waals surface area contributed by atoms with Crippen molar-refractivity contribution in [2.24, 2.45) is 0 Å². The summed E-state index contributed by atoms with van der Waals surface area (Å²) in [7, 11) is 0. The van der Waals surface area contributed by atoms with E-state index >= 15 is 0 Å². The minimum Gasteiger partial charge on any atom is -0.412 e. The van der Waals surface area contributed by atoms with Gasteiger partial charge in [-0.3, -0.25) is 39.1 Å². The number of rotatable bonds is 8. The van der Waals surface area contributed by atoms with Crippen molar-refractivity contribution in [1.29, 1.82) is 0 Å². The van der Waals surface area contributed by atoms with Crippen molar-refractivity contribution in [2.75, 3.05) is 21.3 Å². The molecule has 4 amide bonds. The molecule has 0 unspecified atom stereocenters. The fourth-order valence-electron chi connectivity index (χ4n) is 4.10. The lowest BCUT2D eigenvalue weighted by Gasteiger charge is -2.08. The van der Waals surface area contributed by atoms with Crippen molar-refractivity contribution in [3.05, 3.63) is 169 Å². The molecule has 0 aliphatic heterocycles. The minimum absolute atomic E-state index is 0. The topological polar surface area (TPSA) is 231 Å². The van der Waals surface area contributed by atoms with Crippen LogP contribution in [0.3, 0.4) is 0 Å². The maximum atomic E-state index is 12.0. The highest BCUT2D eigenvalue weighted by Gasteiger charge is 2.09. The van der Waals surface area contributed by atoms with E-state index in [0.717, 1.165) is 0 Å². The van der Waals surface area contributed by atoms with Crippen LogP contribution in [0.5, 0.6) is 0 Å². The maximum Gasteiger partial charge on any atom is 0.255 e. The number of hydrogen-bond acceptors (Lipinski definition) is 8. The van der Waals surface area contributed by atoms with E-state index in [4.69, 9.17) is 0 Å². The zero-order valence-corrected chi connectivity index (χ0v) is 26.3. The monoisotopic (exact) mass is 672 g/mol. The van der Waals surface area contributed by atoms with Gasteiger partial charge in [-0.1, -0.05) is 0 Å². The number of carbonyl (C=O) groups is 4. The molecule has 0 bridgehead atoms. The first kappa shape index (κ1) is 37.3. The summed E-state index contributed by atoms with van der Waals surface area (Å²) in [5, 5.41) is 11.1. The SMILES string of the molecule is O.O.O=C(Nc1ccc(NC(=O)c2ccncc2)cc1)c1ccncc1.O=C(Nc1ccc(NC(=O)c2ccncc2)cc1)c1ccncc1. The molecule has 252 valence electrons. The van der Waals surface area contributed by atoms with Crippen LogP contribution in [0.15, 0.2) is 147 Å². The maximum absolute atomic E-state index is 12.0. The van der Waals surface area contributed by atoms with Gasteiger partial charge in [-0.15, -0.1) is 0 Å². The number of aromatic nitrogens is 4. The predicted molar refractivity (Wildman–Crippen MR) is 189 cm³/mol. The Bertz CT molecular complexity index is 1680. The molecule has 4 heterocycles. The van der Waals surface area contributed by atoms with E-state index in [2.05, 4.69) is 41.2 Å². The summed E-state index contributed by atoms with van der Waals surface area (Å²) in [6.45, 7) is 0. The molecular weight excluding hydrogens is 640 g/mol. The molecule has 0 saturated heterocycles. The molecule has 8 N–H and O–H groups in total. The van der Waals surface area contributed by atoms with Gasteiger partial charge in [-0.05, 0) is 97.1 Å². The smallest absolute Gasteiger partial charge is 0.255 e. The van der Waals surface area contributed by atoms with Gasteiger partial charge in [0.15, 0.2) is 0 Å². The zero-order chi connectivity index (χ0) is 33.6. The Kier molecular flexibility index (Phi) is 14.1. The van der Waals surface area contributed by atoms with Crippen molar-refractivity contribution >= 4 is 46.4 Å². The molecule has 4 aromatic heterocycles. The Morgan fingerprint density at radius 1 is 0.300 bits per heavy atom. The normalized spacial score (nSPS) is 9.60. The molecule has 0 fully saturated rings. The molecular formula is C36H32N8O6. The van der Waals surface area contributed by atoms with Gasteiger partial charge in [0.05, 0.1) is 0 Å². The largest absolute Gasteiger partial charge is 0.412 e. The molecule has 2 aromatic carbocycles. The second kappa shape index (κ2) is 18.9. The van der Waals surface area contributed by atoms with E-state index < -0.39 is 0 Å². The van der Waals surface area contributed by atoms with Crippen LogP contribution >= 0.6 is 0 Å². The number of pyridine rings is 4. The molecule has 0 spiro atoms. The van der Waals surface area contributed by atoms with Crippen molar-refractivity contribution in [1.82, 2.24) is 19.9 Å². The van der Waals surface area contributed by atoms with Crippen molar-refractivity contribution in [3.63, 3.8) is 0 Å². The highest BCUT2D eigenvalue weighted by molar-refractivity contribution is 6.06. The highest BCUT2D eigenvalue weighted by Crippen LogP contribution is 2.17. The van der Waals surface area contributed by atoms with Crippen molar-refractivity contribution < 1.29 is 30.1 Å². The Balaban J connectivity index is 0.000000260. The fourth-order valence-corrected chi connectivity index (χ4v) is 4.10. The predicted octanol–water partition coefficient (Wildman–Crippen LogP) is 4.31. The number of amides is 4. The van der Waals surface area contributed by atoms with Crippen molar-refractivity contribution in [2.45, 2.75) is 0 Å². The average molecular weight is 673 g/mol. The molecule has 50 heavy (non-hydrogen) atoms. The van der Waals surface area contributed by atoms with Gasteiger partial charge in [0.25, 0.3) is 23.6 Å². The number of nitrogens with one attached hydrogen (secondary N) is 4. The number of nitrogens with zero attached hydrogens (tertiary/aromatic N) is 4. The van der Waals surface area contributed by atoms with E-state index in [9.17, 15) is 19.2 Å². The van der Waals surface area contributed by atoms with Gasteiger partial charge in [0, 0.05) is 94.6 Å². The minimum atomic E-state index is -0.217. The Morgan fingerprint density at radius 3 is 0.620 bits per heavy atom. The molecule has 0 radical (unpaired) electrons. The molecule has 14 heteroatoms. The summed E-state index contributed by atoms with van der Waals surface area (Å²) in [6, 6.07) is 26.9. The van der Waals surface area contributed by atoms with Crippen LogP contribution in [-0.4, -0.2) is 54.5 Å². The van der Waals surface area contributed by atoms with Gasteiger partial charge < -0.3 is 32.2 Å².